The van der Waals surface area contributed by atoms with Gasteiger partial charge in [-0.3, -0.25) is 4.79 Å². The molecule has 126 valence electrons. The maximum Gasteiger partial charge on any atom is 0.260 e. The Bertz CT molecular complexity index is 704. The van der Waals surface area contributed by atoms with Gasteiger partial charge in [0.05, 0.1) is 5.02 Å². The SMILES string of the molecule is O=C(COc1cc(Cl)ccc1Cl)N1CCN(c2ccccn2)CC1. The molecule has 1 aromatic heterocycles. The minimum absolute atomic E-state index is 0.0519. The summed E-state index contributed by atoms with van der Waals surface area (Å²) < 4.78 is 5.51. The Labute approximate surface area is 150 Å². The smallest absolute Gasteiger partial charge is 0.260 e. The number of amides is 1. The van der Waals surface area contributed by atoms with E-state index in [2.05, 4.69) is 9.88 Å². The van der Waals surface area contributed by atoms with Gasteiger partial charge >= 0.3 is 0 Å². The molecule has 1 aliphatic heterocycles. The summed E-state index contributed by atoms with van der Waals surface area (Å²) in [6, 6.07) is 10.8. The van der Waals surface area contributed by atoms with Crippen LogP contribution < -0.4 is 9.64 Å². The number of nitrogens with zero attached hydrogens (tertiary/aromatic N) is 3. The molecule has 24 heavy (non-hydrogen) atoms. The van der Waals surface area contributed by atoms with Crippen LogP contribution in [0.5, 0.6) is 5.75 Å². The zero-order valence-electron chi connectivity index (χ0n) is 13.0. The molecule has 7 heteroatoms. The van der Waals surface area contributed by atoms with Crippen LogP contribution in [0.3, 0.4) is 0 Å². The first-order valence-corrected chi connectivity index (χ1v) is 8.41. The molecule has 2 heterocycles. The number of piperazine rings is 1. The fourth-order valence-corrected chi connectivity index (χ4v) is 2.88. The number of aromatic nitrogens is 1. The van der Waals surface area contributed by atoms with E-state index in [-0.39, 0.29) is 12.5 Å². The lowest BCUT2D eigenvalue weighted by molar-refractivity contribution is -0.133. The van der Waals surface area contributed by atoms with Crippen molar-refractivity contribution in [1.29, 1.82) is 0 Å². The summed E-state index contributed by atoms with van der Waals surface area (Å²) in [6.07, 6.45) is 1.77. The lowest BCUT2D eigenvalue weighted by atomic mass is 10.3. The fraction of sp³-hybridized carbons (Fsp3) is 0.294. The summed E-state index contributed by atoms with van der Waals surface area (Å²) in [7, 11) is 0. The molecule has 1 saturated heterocycles. The van der Waals surface area contributed by atoms with Crippen molar-refractivity contribution < 1.29 is 9.53 Å². The third-order valence-electron chi connectivity index (χ3n) is 3.85. The summed E-state index contributed by atoms with van der Waals surface area (Å²) in [4.78, 5) is 20.6. The highest BCUT2D eigenvalue weighted by Crippen LogP contribution is 2.27. The Morgan fingerprint density at radius 2 is 1.92 bits per heavy atom. The van der Waals surface area contributed by atoms with Crippen LogP contribution in [0.1, 0.15) is 0 Å². The Kier molecular flexibility index (Phi) is 5.43. The van der Waals surface area contributed by atoms with Crippen LogP contribution in [-0.2, 0) is 4.79 Å². The Balaban J connectivity index is 1.51. The largest absolute Gasteiger partial charge is 0.482 e. The highest BCUT2D eigenvalue weighted by molar-refractivity contribution is 6.34. The van der Waals surface area contributed by atoms with Crippen LogP contribution in [0.2, 0.25) is 10.0 Å². The fourth-order valence-electron chi connectivity index (χ4n) is 2.54. The van der Waals surface area contributed by atoms with E-state index in [1.165, 1.54) is 0 Å². The van der Waals surface area contributed by atoms with Gasteiger partial charge in [0.25, 0.3) is 5.91 Å². The Morgan fingerprint density at radius 1 is 1.12 bits per heavy atom. The van der Waals surface area contributed by atoms with E-state index in [1.807, 2.05) is 18.2 Å². The second kappa shape index (κ2) is 7.73. The number of anilines is 1. The van der Waals surface area contributed by atoms with E-state index in [1.54, 1.807) is 29.3 Å². The predicted molar refractivity (Wildman–Crippen MR) is 95.0 cm³/mol. The number of hydrogen-bond acceptors (Lipinski definition) is 4. The normalized spacial score (nSPS) is 14.6. The van der Waals surface area contributed by atoms with E-state index < -0.39 is 0 Å². The van der Waals surface area contributed by atoms with Crippen LogP contribution in [0, 0.1) is 0 Å². The van der Waals surface area contributed by atoms with Crippen LogP contribution in [0.15, 0.2) is 42.6 Å². The maximum atomic E-state index is 12.3. The van der Waals surface area contributed by atoms with Gasteiger partial charge < -0.3 is 14.5 Å². The lowest BCUT2D eigenvalue weighted by Crippen LogP contribution is -2.50. The van der Waals surface area contributed by atoms with Gasteiger partial charge in [-0.05, 0) is 24.3 Å². The average molecular weight is 366 g/mol. The van der Waals surface area contributed by atoms with Gasteiger partial charge in [-0.1, -0.05) is 29.3 Å². The maximum absolute atomic E-state index is 12.3. The summed E-state index contributed by atoms with van der Waals surface area (Å²) in [5.74, 6) is 1.29. The lowest BCUT2D eigenvalue weighted by Gasteiger charge is -2.35. The third kappa shape index (κ3) is 4.10. The van der Waals surface area contributed by atoms with E-state index >= 15 is 0 Å². The first-order valence-electron chi connectivity index (χ1n) is 7.65. The summed E-state index contributed by atoms with van der Waals surface area (Å²) in [5.41, 5.74) is 0. The van der Waals surface area contributed by atoms with Crippen LogP contribution >= 0.6 is 23.2 Å². The van der Waals surface area contributed by atoms with Crippen molar-refractivity contribution in [2.24, 2.45) is 0 Å². The van der Waals surface area contributed by atoms with E-state index in [9.17, 15) is 4.79 Å². The first kappa shape index (κ1) is 16.9. The number of ether oxygens (including phenoxy) is 1. The molecule has 1 aliphatic rings. The van der Waals surface area contributed by atoms with Crippen molar-refractivity contribution in [3.05, 3.63) is 52.6 Å². The van der Waals surface area contributed by atoms with Crippen molar-refractivity contribution in [3.63, 3.8) is 0 Å². The quantitative estimate of drug-likeness (QED) is 0.834. The van der Waals surface area contributed by atoms with Crippen LogP contribution in [0.4, 0.5) is 5.82 Å². The van der Waals surface area contributed by atoms with E-state index in [0.717, 1.165) is 18.9 Å². The molecule has 0 radical (unpaired) electrons. The van der Waals surface area contributed by atoms with Gasteiger partial charge in [-0.25, -0.2) is 4.98 Å². The zero-order chi connectivity index (χ0) is 16.9. The molecule has 3 rings (SSSR count). The number of carbonyl (C=O) groups is 1. The number of hydrogen-bond donors (Lipinski definition) is 0. The average Bonchev–Trinajstić information content (AvgIpc) is 2.63. The number of rotatable bonds is 4. The molecular weight excluding hydrogens is 349 g/mol. The van der Waals surface area contributed by atoms with Crippen molar-refractivity contribution >= 4 is 34.9 Å². The summed E-state index contributed by atoms with van der Waals surface area (Å²) in [6.45, 7) is 2.73. The molecule has 0 saturated carbocycles. The molecule has 1 aromatic carbocycles. The van der Waals surface area contributed by atoms with Gasteiger partial charge in [-0.15, -0.1) is 0 Å². The van der Waals surface area contributed by atoms with Gasteiger partial charge in [0.2, 0.25) is 0 Å². The molecule has 0 unspecified atom stereocenters. The van der Waals surface area contributed by atoms with Crippen molar-refractivity contribution in [2.75, 3.05) is 37.7 Å². The van der Waals surface area contributed by atoms with E-state index in [4.69, 9.17) is 27.9 Å². The van der Waals surface area contributed by atoms with Crippen molar-refractivity contribution in [2.45, 2.75) is 0 Å². The molecule has 5 nitrogen and oxygen atoms in total. The second-order valence-electron chi connectivity index (χ2n) is 5.42. The number of carbonyl (C=O) groups excluding carboxylic acids is 1. The highest BCUT2D eigenvalue weighted by Gasteiger charge is 2.22. The van der Waals surface area contributed by atoms with Gasteiger partial charge in [-0.2, -0.15) is 0 Å². The molecule has 1 fully saturated rings. The van der Waals surface area contributed by atoms with Crippen molar-refractivity contribution in [3.8, 4) is 5.75 Å². The molecule has 1 amide bonds. The topological polar surface area (TPSA) is 45.7 Å². The third-order valence-corrected chi connectivity index (χ3v) is 4.40. The predicted octanol–water partition coefficient (Wildman–Crippen LogP) is 3.12. The van der Waals surface area contributed by atoms with Crippen LogP contribution in [0.25, 0.3) is 0 Å². The molecule has 0 atom stereocenters. The summed E-state index contributed by atoms with van der Waals surface area (Å²) >= 11 is 11.9. The molecular formula is C17H17Cl2N3O2. The van der Waals surface area contributed by atoms with Crippen molar-refractivity contribution in [1.82, 2.24) is 9.88 Å². The Hall–Kier alpha value is -1.98. The Morgan fingerprint density at radius 3 is 2.62 bits per heavy atom. The minimum Gasteiger partial charge on any atom is -0.482 e. The van der Waals surface area contributed by atoms with Gasteiger partial charge in [0.15, 0.2) is 6.61 Å². The monoisotopic (exact) mass is 365 g/mol. The standard InChI is InChI=1S/C17H17Cl2N3O2/c18-13-4-5-14(19)15(11-13)24-12-17(23)22-9-7-21(8-10-22)16-3-1-2-6-20-16/h1-6,11H,7-10,12H2. The number of halogens is 2. The van der Waals surface area contributed by atoms with Gasteiger partial charge in [0, 0.05) is 43.5 Å². The highest BCUT2D eigenvalue weighted by atomic mass is 35.5. The van der Waals surface area contributed by atoms with Crippen LogP contribution in [-0.4, -0.2) is 48.6 Å². The molecule has 0 bridgehead atoms. The number of benzene rings is 1. The summed E-state index contributed by atoms with van der Waals surface area (Å²) in [5, 5.41) is 0.956. The minimum atomic E-state index is -0.0632. The molecule has 0 aliphatic carbocycles. The second-order valence-corrected chi connectivity index (χ2v) is 6.26. The molecule has 2 aromatic rings. The van der Waals surface area contributed by atoms with Gasteiger partial charge in [0.1, 0.15) is 11.6 Å². The van der Waals surface area contributed by atoms with E-state index in [0.29, 0.717) is 28.9 Å². The molecule has 0 N–H and O–H groups in total. The molecule has 0 spiro atoms. The number of pyridine rings is 1. The first-order chi connectivity index (χ1) is 11.6. The zero-order valence-corrected chi connectivity index (χ0v) is 14.5.